The molecule has 0 amide bonds. The Hall–Kier alpha value is -2.63. The molecule has 0 saturated carbocycles. The number of fused-ring (bicyclic) bond motifs is 1. The summed E-state index contributed by atoms with van der Waals surface area (Å²) in [4.78, 5) is 11.5. The van der Waals surface area contributed by atoms with Crippen LogP contribution in [0.4, 0.5) is 5.82 Å². The highest BCUT2D eigenvalue weighted by Gasteiger charge is 2.10. The Bertz CT molecular complexity index is 762. The molecule has 2 heterocycles. The summed E-state index contributed by atoms with van der Waals surface area (Å²) < 4.78 is 1.25. The molecule has 0 fully saturated rings. The molecular weight excluding hydrogens is 254 g/mol. The zero-order chi connectivity index (χ0) is 13.9. The van der Waals surface area contributed by atoms with Gasteiger partial charge in [-0.2, -0.15) is 9.61 Å². The summed E-state index contributed by atoms with van der Waals surface area (Å²) in [7, 11) is 0. The van der Waals surface area contributed by atoms with E-state index >= 15 is 0 Å². The number of nitrogens with one attached hydrogen (secondary N) is 2. The first-order valence-corrected chi connectivity index (χ1v) is 6.54. The van der Waals surface area contributed by atoms with Gasteiger partial charge in [0.1, 0.15) is 5.82 Å². The summed E-state index contributed by atoms with van der Waals surface area (Å²) in [5.74, 6) is 0.650. The molecule has 1 unspecified atom stereocenters. The lowest BCUT2D eigenvalue weighted by atomic mass is 10.0. The molecule has 0 aliphatic rings. The molecule has 3 rings (SSSR count). The first kappa shape index (κ1) is 12.4. The summed E-state index contributed by atoms with van der Waals surface area (Å²) in [5, 5.41) is 13.8. The minimum absolute atomic E-state index is 0.156. The molecule has 102 valence electrons. The van der Waals surface area contributed by atoms with Crippen LogP contribution >= 0.6 is 0 Å². The lowest BCUT2D eigenvalue weighted by Gasteiger charge is -2.17. The van der Waals surface area contributed by atoms with Gasteiger partial charge in [-0.05, 0) is 24.1 Å². The number of nitrogens with zero attached hydrogens (tertiary/aromatic N) is 3. The van der Waals surface area contributed by atoms with E-state index in [1.54, 1.807) is 6.07 Å². The third kappa shape index (κ3) is 2.27. The molecule has 2 N–H and O–H groups in total. The number of aromatic amines is 1. The quantitative estimate of drug-likeness (QED) is 0.759. The maximum Gasteiger partial charge on any atom is 0.364 e. The van der Waals surface area contributed by atoms with Crippen LogP contribution in [0.15, 0.2) is 47.3 Å². The Labute approximate surface area is 115 Å². The summed E-state index contributed by atoms with van der Waals surface area (Å²) in [6.07, 6.45) is 0.921. The maximum atomic E-state index is 11.5. The Morgan fingerprint density at radius 1 is 1.25 bits per heavy atom. The third-order valence-corrected chi connectivity index (χ3v) is 3.21. The Morgan fingerprint density at radius 2 is 2.05 bits per heavy atom. The second-order valence-corrected chi connectivity index (χ2v) is 4.53. The molecule has 0 radical (unpaired) electrons. The van der Waals surface area contributed by atoms with Crippen molar-refractivity contribution in [3.63, 3.8) is 0 Å². The van der Waals surface area contributed by atoms with Crippen LogP contribution in [0.5, 0.6) is 0 Å². The molecule has 3 aromatic rings. The van der Waals surface area contributed by atoms with Crippen molar-refractivity contribution in [2.24, 2.45) is 0 Å². The van der Waals surface area contributed by atoms with Gasteiger partial charge in [0.05, 0.1) is 6.04 Å². The molecule has 0 aliphatic carbocycles. The van der Waals surface area contributed by atoms with Crippen molar-refractivity contribution in [1.82, 2.24) is 19.8 Å². The minimum Gasteiger partial charge on any atom is -0.362 e. The van der Waals surface area contributed by atoms with Crippen LogP contribution in [0.1, 0.15) is 24.9 Å². The molecule has 6 heteroatoms. The van der Waals surface area contributed by atoms with Gasteiger partial charge in [0, 0.05) is 0 Å². The van der Waals surface area contributed by atoms with Crippen LogP contribution < -0.4 is 11.0 Å². The van der Waals surface area contributed by atoms with Crippen molar-refractivity contribution in [3.8, 4) is 0 Å². The fourth-order valence-electron chi connectivity index (χ4n) is 2.16. The fraction of sp³-hybridized carbons (Fsp3) is 0.214. The van der Waals surface area contributed by atoms with Gasteiger partial charge >= 0.3 is 5.69 Å². The zero-order valence-corrected chi connectivity index (χ0v) is 11.1. The van der Waals surface area contributed by atoms with Crippen molar-refractivity contribution in [2.75, 3.05) is 5.32 Å². The van der Waals surface area contributed by atoms with Gasteiger partial charge < -0.3 is 5.32 Å². The summed E-state index contributed by atoms with van der Waals surface area (Å²) in [6, 6.07) is 13.9. The number of hydrogen-bond acceptors (Lipinski definition) is 4. The van der Waals surface area contributed by atoms with E-state index in [4.69, 9.17) is 0 Å². The van der Waals surface area contributed by atoms with Gasteiger partial charge in [-0.1, -0.05) is 37.3 Å². The van der Waals surface area contributed by atoms with Gasteiger partial charge in [-0.25, -0.2) is 9.89 Å². The van der Waals surface area contributed by atoms with Gasteiger partial charge in [0.15, 0.2) is 5.65 Å². The molecule has 0 bridgehead atoms. The van der Waals surface area contributed by atoms with Gasteiger partial charge in [-0.3, -0.25) is 0 Å². The summed E-state index contributed by atoms with van der Waals surface area (Å²) in [5.41, 5.74) is 1.36. The highest BCUT2D eigenvalue weighted by Crippen LogP contribution is 2.20. The first-order valence-electron chi connectivity index (χ1n) is 6.54. The van der Waals surface area contributed by atoms with E-state index in [-0.39, 0.29) is 11.7 Å². The monoisotopic (exact) mass is 269 g/mol. The van der Waals surface area contributed by atoms with Crippen LogP contribution in [-0.4, -0.2) is 19.8 Å². The molecule has 0 aliphatic heterocycles. The van der Waals surface area contributed by atoms with Crippen molar-refractivity contribution >= 4 is 11.5 Å². The zero-order valence-electron chi connectivity index (χ0n) is 11.1. The standard InChI is InChI=1S/C14H15N5O/c1-2-11(10-6-4-3-5-7-10)15-12-8-9-13-16-17-14(20)19(13)18-12/h3-9,11H,2H2,1H3,(H,15,18)(H,17,20). The van der Waals surface area contributed by atoms with Crippen molar-refractivity contribution in [1.29, 1.82) is 0 Å². The van der Waals surface area contributed by atoms with Crippen LogP contribution in [0.3, 0.4) is 0 Å². The summed E-state index contributed by atoms with van der Waals surface area (Å²) in [6.45, 7) is 2.10. The largest absolute Gasteiger partial charge is 0.364 e. The predicted octanol–water partition coefficient (Wildman–Crippen LogP) is 1.98. The molecule has 0 spiro atoms. The highest BCUT2D eigenvalue weighted by molar-refractivity contribution is 5.44. The van der Waals surface area contributed by atoms with Gasteiger partial charge in [-0.15, -0.1) is 5.10 Å². The number of benzene rings is 1. The normalized spacial score (nSPS) is 12.4. The van der Waals surface area contributed by atoms with E-state index in [2.05, 4.69) is 39.7 Å². The molecule has 20 heavy (non-hydrogen) atoms. The second kappa shape index (κ2) is 5.16. The van der Waals surface area contributed by atoms with E-state index in [1.807, 2.05) is 24.3 Å². The van der Waals surface area contributed by atoms with Crippen molar-refractivity contribution in [2.45, 2.75) is 19.4 Å². The van der Waals surface area contributed by atoms with E-state index < -0.39 is 0 Å². The summed E-state index contributed by atoms with van der Waals surface area (Å²) >= 11 is 0. The van der Waals surface area contributed by atoms with Crippen LogP contribution in [0, 0.1) is 0 Å². The average molecular weight is 269 g/mol. The average Bonchev–Trinajstić information content (AvgIpc) is 2.87. The first-order chi connectivity index (χ1) is 9.78. The predicted molar refractivity (Wildman–Crippen MR) is 76.7 cm³/mol. The number of anilines is 1. The number of hydrogen-bond donors (Lipinski definition) is 2. The highest BCUT2D eigenvalue weighted by atomic mass is 16.2. The molecule has 1 aromatic carbocycles. The lowest BCUT2D eigenvalue weighted by molar-refractivity contribution is 0.735. The molecule has 1 atom stereocenters. The Balaban J connectivity index is 1.91. The van der Waals surface area contributed by atoms with Crippen molar-refractivity contribution < 1.29 is 0 Å². The Kier molecular flexibility index (Phi) is 3.20. The van der Waals surface area contributed by atoms with Crippen LogP contribution in [-0.2, 0) is 0 Å². The van der Waals surface area contributed by atoms with Crippen LogP contribution in [0.2, 0.25) is 0 Å². The van der Waals surface area contributed by atoms with E-state index in [1.165, 1.54) is 10.1 Å². The minimum atomic E-state index is -0.337. The number of aromatic nitrogens is 4. The Morgan fingerprint density at radius 3 is 2.80 bits per heavy atom. The SMILES string of the molecule is CCC(Nc1ccc2n[nH]c(=O)n2n1)c1ccccc1. The van der Waals surface area contributed by atoms with Crippen molar-refractivity contribution in [3.05, 3.63) is 58.5 Å². The number of H-pyrrole nitrogens is 1. The van der Waals surface area contributed by atoms with E-state index in [9.17, 15) is 4.79 Å². The fourth-order valence-corrected chi connectivity index (χ4v) is 2.16. The van der Waals surface area contributed by atoms with E-state index in [0.717, 1.165) is 6.42 Å². The van der Waals surface area contributed by atoms with Gasteiger partial charge in [0.25, 0.3) is 0 Å². The lowest BCUT2D eigenvalue weighted by Crippen LogP contribution is -2.16. The van der Waals surface area contributed by atoms with Gasteiger partial charge in [0.2, 0.25) is 0 Å². The molecule has 6 nitrogen and oxygen atoms in total. The maximum absolute atomic E-state index is 11.5. The topological polar surface area (TPSA) is 75.1 Å². The molecular formula is C14H15N5O. The van der Waals surface area contributed by atoms with Crippen LogP contribution in [0.25, 0.3) is 5.65 Å². The van der Waals surface area contributed by atoms with E-state index in [0.29, 0.717) is 11.5 Å². The number of rotatable bonds is 4. The third-order valence-electron chi connectivity index (χ3n) is 3.21. The molecule has 2 aromatic heterocycles. The second-order valence-electron chi connectivity index (χ2n) is 4.53. The smallest absolute Gasteiger partial charge is 0.362 e. The molecule has 0 saturated heterocycles.